The largest absolute Gasteiger partial charge is 0.378 e. The number of hydrogen-bond acceptors (Lipinski definition) is 3. The van der Waals surface area contributed by atoms with Crippen LogP contribution in [0, 0.1) is 17.6 Å². The molecule has 108 valence electrons. The topological polar surface area (TPSA) is 35.5 Å². The SMILES string of the molecule is O=C(c1cccc(F)c1F)C1CCOC2(CCOC2)C1. The molecule has 2 unspecified atom stereocenters. The lowest BCUT2D eigenvalue weighted by Crippen LogP contribution is -2.42. The van der Waals surface area contributed by atoms with Crippen LogP contribution in [-0.4, -0.2) is 31.2 Å². The molecule has 0 aromatic heterocycles. The van der Waals surface area contributed by atoms with Crippen molar-refractivity contribution in [2.45, 2.75) is 24.9 Å². The molecule has 3 rings (SSSR count). The van der Waals surface area contributed by atoms with E-state index in [1.54, 1.807) is 0 Å². The zero-order valence-electron chi connectivity index (χ0n) is 11.0. The van der Waals surface area contributed by atoms with E-state index in [4.69, 9.17) is 9.47 Å². The number of benzene rings is 1. The summed E-state index contributed by atoms with van der Waals surface area (Å²) in [6.45, 7) is 1.55. The first-order chi connectivity index (χ1) is 9.61. The van der Waals surface area contributed by atoms with Crippen molar-refractivity contribution >= 4 is 5.78 Å². The van der Waals surface area contributed by atoms with Crippen molar-refractivity contribution in [1.82, 2.24) is 0 Å². The monoisotopic (exact) mass is 282 g/mol. The summed E-state index contributed by atoms with van der Waals surface area (Å²) in [5, 5.41) is 0. The van der Waals surface area contributed by atoms with Gasteiger partial charge in [-0.2, -0.15) is 0 Å². The van der Waals surface area contributed by atoms with Crippen molar-refractivity contribution in [3.05, 3.63) is 35.4 Å². The fourth-order valence-electron chi connectivity index (χ4n) is 3.03. The van der Waals surface area contributed by atoms with Crippen LogP contribution < -0.4 is 0 Å². The summed E-state index contributed by atoms with van der Waals surface area (Å²) in [6, 6.07) is 3.72. The summed E-state index contributed by atoms with van der Waals surface area (Å²) in [5.41, 5.74) is -0.575. The van der Waals surface area contributed by atoms with E-state index in [1.165, 1.54) is 12.1 Å². The molecule has 0 aliphatic carbocycles. The maximum atomic E-state index is 13.7. The third kappa shape index (κ3) is 2.36. The van der Waals surface area contributed by atoms with Gasteiger partial charge in [-0.05, 0) is 25.0 Å². The molecular weight excluding hydrogens is 266 g/mol. The van der Waals surface area contributed by atoms with Gasteiger partial charge in [0.2, 0.25) is 0 Å². The van der Waals surface area contributed by atoms with Crippen LogP contribution in [0.4, 0.5) is 8.78 Å². The first-order valence-corrected chi connectivity index (χ1v) is 6.81. The minimum Gasteiger partial charge on any atom is -0.378 e. The number of carbonyl (C=O) groups is 1. The summed E-state index contributed by atoms with van der Waals surface area (Å²) >= 11 is 0. The number of carbonyl (C=O) groups excluding carboxylic acids is 1. The van der Waals surface area contributed by atoms with E-state index in [0.29, 0.717) is 32.7 Å². The Hall–Kier alpha value is -1.33. The number of Topliss-reactive ketones (excluding diaryl/α,β-unsaturated/α-hetero) is 1. The van der Waals surface area contributed by atoms with Gasteiger partial charge >= 0.3 is 0 Å². The summed E-state index contributed by atoms with van der Waals surface area (Å²) in [6.07, 6.45) is 1.81. The molecule has 0 N–H and O–H groups in total. The molecule has 0 radical (unpaired) electrons. The smallest absolute Gasteiger partial charge is 0.169 e. The summed E-state index contributed by atoms with van der Waals surface area (Å²) < 4.78 is 38.0. The van der Waals surface area contributed by atoms with Crippen molar-refractivity contribution in [1.29, 1.82) is 0 Å². The molecule has 20 heavy (non-hydrogen) atoms. The number of ketones is 1. The van der Waals surface area contributed by atoms with E-state index in [1.807, 2.05) is 0 Å². The van der Waals surface area contributed by atoms with Crippen LogP contribution >= 0.6 is 0 Å². The van der Waals surface area contributed by atoms with Crippen molar-refractivity contribution in [2.75, 3.05) is 19.8 Å². The van der Waals surface area contributed by atoms with Crippen LogP contribution in [0.25, 0.3) is 0 Å². The second kappa shape index (κ2) is 5.22. The van der Waals surface area contributed by atoms with Gasteiger partial charge in [-0.3, -0.25) is 4.79 Å². The second-order valence-corrected chi connectivity index (χ2v) is 5.49. The molecule has 0 saturated carbocycles. The number of halogens is 2. The van der Waals surface area contributed by atoms with Crippen LogP contribution in [0.1, 0.15) is 29.6 Å². The average Bonchev–Trinajstić information content (AvgIpc) is 2.89. The highest BCUT2D eigenvalue weighted by atomic mass is 19.2. The van der Waals surface area contributed by atoms with Crippen molar-refractivity contribution in [2.24, 2.45) is 5.92 Å². The van der Waals surface area contributed by atoms with E-state index < -0.39 is 17.2 Å². The van der Waals surface area contributed by atoms with E-state index in [9.17, 15) is 13.6 Å². The van der Waals surface area contributed by atoms with Crippen LogP contribution in [0.15, 0.2) is 18.2 Å². The molecule has 1 aromatic rings. The molecule has 2 atom stereocenters. The molecule has 1 spiro atoms. The molecule has 0 amide bonds. The van der Waals surface area contributed by atoms with E-state index in [2.05, 4.69) is 0 Å². The lowest BCUT2D eigenvalue weighted by molar-refractivity contribution is -0.0921. The minimum atomic E-state index is -1.05. The van der Waals surface area contributed by atoms with E-state index in [-0.39, 0.29) is 17.3 Å². The number of hydrogen-bond donors (Lipinski definition) is 0. The molecule has 2 saturated heterocycles. The third-order valence-corrected chi connectivity index (χ3v) is 4.15. The lowest BCUT2D eigenvalue weighted by Gasteiger charge is -2.36. The van der Waals surface area contributed by atoms with Gasteiger partial charge in [0.15, 0.2) is 17.4 Å². The Kier molecular flexibility index (Phi) is 3.56. The Bertz CT molecular complexity index is 524. The van der Waals surface area contributed by atoms with Crippen molar-refractivity contribution in [3.63, 3.8) is 0 Å². The van der Waals surface area contributed by atoms with Crippen LogP contribution in [0.3, 0.4) is 0 Å². The van der Waals surface area contributed by atoms with Crippen LogP contribution in [-0.2, 0) is 9.47 Å². The standard InChI is InChI=1S/C15H16F2O3/c16-12-3-1-2-11(13(12)17)14(18)10-4-6-20-15(8-10)5-7-19-9-15/h1-3,10H,4-9H2. The molecule has 2 aliphatic heterocycles. The first-order valence-electron chi connectivity index (χ1n) is 6.81. The quantitative estimate of drug-likeness (QED) is 0.782. The first kappa shape index (κ1) is 13.6. The number of ether oxygens (including phenoxy) is 2. The molecule has 3 nitrogen and oxygen atoms in total. The van der Waals surface area contributed by atoms with Crippen molar-refractivity contribution < 1.29 is 23.0 Å². The molecule has 5 heteroatoms. The van der Waals surface area contributed by atoms with E-state index >= 15 is 0 Å². The predicted octanol–water partition coefficient (Wildman–Crippen LogP) is 2.73. The molecule has 0 bridgehead atoms. The zero-order chi connectivity index (χ0) is 14.2. The average molecular weight is 282 g/mol. The highest BCUT2D eigenvalue weighted by Gasteiger charge is 2.43. The van der Waals surface area contributed by atoms with Gasteiger partial charge in [0.1, 0.15) is 0 Å². The highest BCUT2D eigenvalue weighted by Crippen LogP contribution is 2.37. The lowest BCUT2D eigenvalue weighted by atomic mass is 9.81. The Balaban J connectivity index is 1.81. The van der Waals surface area contributed by atoms with Gasteiger partial charge in [-0.15, -0.1) is 0 Å². The normalized spacial score (nSPS) is 29.8. The Morgan fingerprint density at radius 1 is 1.30 bits per heavy atom. The molecule has 1 aromatic carbocycles. The van der Waals surface area contributed by atoms with Crippen LogP contribution in [0.2, 0.25) is 0 Å². The maximum absolute atomic E-state index is 13.7. The van der Waals surface area contributed by atoms with Gasteiger partial charge in [0, 0.05) is 25.6 Å². The third-order valence-electron chi connectivity index (χ3n) is 4.15. The van der Waals surface area contributed by atoms with Crippen molar-refractivity contribution in [3.8, 4) is 0 Å². The molecular formula is C15H16F2O3. The second-order valence-electron chi connectivity index (χ2n) is 5.49. The van der Waals surface area contributed by atoms with Gasteiger partial charge < -0.3 is 9.47 Å². The Labute approximate surface area is 115 Å². The summed E-state index contributed by atoms with van der Waals surface area (Å²) in [4.78, 5) is 12.4. The van der Waals surface area contributed by atoms with Gasteiger partial charge in [0.25, 0.3) is 0 Å². The zero-order valence-corrected chi connectivity index (χ0v) is 11.0. The Morgan fingerprint density at radius 2 is 2.15 bits per heavy atom. The highest BCUT2D eigenvalue weighted by molar-refractivity contribution is 5.98. The fraction of sp³-hybridized carbons (Fsp3) is 0.533. The Morgan fingerprint density at radius 3 is 2.90 bits per heavy atom. The maximum Gasteiger partial charge on any atom is 0.169 e. The van der Waals surface area contributed by atoms with Gasteiger partial charge in [-0.1, -0.05) is 6.07 Å². The molecule has 2 fully saturated rings. The van der Waals surface area contributed by atoms with Gasteiger partial charge in [-0.25, -0.2) is 8.78 Å². The van der Waals surface area contributed by atoms with E-state index in [0.717, 1.165) is 12.5 Å². The minimum absolute atomic E-state index is 0.161. The fourth-order valence-corrected chi connectivity index (χ4v) is 3.03. The molecule has 2 aliphatic rings. The van der Waals surface area contributed by atoms with Gasteiger partial charge in [0.05, 0.1) is 17.8 Å². The number of rotatable bonds is 2. The molecule has 2 heterocycles. The predicted molar refractivity (Wildman–Crippen MR) is 67.5 cm³/mol. The van der Waals surface area contributed by atoms with Crippen LogP contribution in [0.5, 0.6) is 0 Å². The summed E-state index contributed by atoms with van der Waals surface area (Å²) in [7, 11) is 0. The summed E-state index contributed by atoms with van der Waals surface area (Å²) in [5.74, 6) is -2.71.